The number of carbonyl (C=O) groups excluding carboxylic acids is 3. The van der Waals surface area contributed by atoms with Crippen molar-refractivity contribution in [3.8, 4) is 0 Å². The van der Waals surface area contributed by atoms with Gasteiger partial charge in [-0.1, -0.05) is 296 Å². The molecule has 0 N–H and O–H groups in total. The molecule has 0 heterocycles. The third-order valence-corrected chi connectivity index (χ3v) is 14.7. The lowest BCUT2D eigenvalue weighted by Crippen LogP contribution is -2.30. The van der Waals surface area contributed by atoms with E-state index in [2.05, 4.69) is 142 Å². The van der Waals surface area contributed by atoms with Gasteiger partial charge in [0.25, 0.3) is 0 Å². The van der Waals surface area contributed by atoms with Gasteiger partial charge >= 0.3 is 17.9 Å². The summed E-state index contributed by atoms with van der Waals surface area (Å²) in [5.41, 5.74) is 0. The first-order chi connectivity index (χ1) is 40.5. The molecular weight excluding hydrogens is 1010 g/mol. The molecule has 0 fully saturated rings. The van der Waals surface area contributed by atoms with Crippen LogP contribution in [0, 0.1) is 0 Å². The van der Waals surface area contributed by atoms with E-state index >= 15 is 0 Å². The van der Waals surface area contributed by atoms with Crippen molar-refractivity contribution in [2.45, 2.75) is 329 Å². The van der Waals surface area contributed by atoms with Gasteiger partial charge in [0.05, 0.1) is 0 Å². The van der Waals surface area contributed by atoms with E-state index in [0.717, 1.165) is 148 Å². The zero-order chi connectivity index (χ0) is 59.2. The maximum atomic E-state index is 12.9. The van der Waals surface area contributed by atoms with Crippen LogP contribution in [0.15, 0.2) is 122 Å². The number of unbranched alkanes of at least 4 members (excludes halogenated alkanes) is 31. The molecule has 0 aromatic rings. The van der Waals surface area contributed by atoms with Crippen LogP contribution >= 0.6 is 0 Å². The van der Waals surface area contributed by atoms with Crippen LogP contribution in [0.4, 0.5) is 0 Å². The van der Waals surface area contributed by atoms with E-state index in [9.17, 15) is 14.4 Å². The van der Waals surface area contributed by atoms with Gasteiger partial charge in [0.2, 0.25) is 0 Å². The normalized spacial score (nSPS) is 12.9. The lowest BCUT2D eigenvalue weighted by Gasteiger charge is -2.18. The molecular formula is C76H128O6. The van der Waals surface area contributed by atoms with Crippen molar-refractivity contribution < 1.29 is 28.6 Å². The Morgan fingerprint density at radius 1 is 0.256 bits per heavy atom. The van der Waals surface area contributed by atoms with Crippen LogP contribution in [0.25, 0.3) is 0 Å². The molecule has 0 aliphatic heterocycles. The monoisotopic (exact) mass is 1140 g/mol. The molecule has 6 nitrogen and oxygen atoms in total. The maximum absolute atomic E-state index is 12.9. The second kappa shape index (κ2) is 69.3. The number of ether oxygens (including phenoxy) is 3. The number of carbonyl (C=O) groups is 3. The Kier molecular flexibility index (Phi) is 65.8. The molecule has 0 rings (SSSR count). The fourth-order valence-corrected chi connectivity index (χ4v) is 9.49. The first-order valence-corrected chi connectivity index (χ1v) is 34.5. The van der Waals surface area contributed by atoms with Crippen molar-refractivity contribution in [1.82, 2.24) is 0 Å². The third kappa shape index (κ3) is 66.6. The van der Waals surface area contributed by atoms with Crippen molar-refractivity contribution in [1.29, 1.82) is 0 Å². The molecule has 0 radical (unpaired) electrons. The minimum atomic E-state index is -0.799. The molecule has 0 saturated carbocycles. The fraction of sp³-hybridized carbons (Fsp3) is 0.697. The van der Waals surface area contributed by atoms with E-state index in [1.165, 1.54) is 135 Å². The Morgan fingerprint density at radius 2 is 0.488 bits per heavy atom. The Labute approximate surface area is 507 Å². The van der Waals surface area contributed by atoms with Crippen molar-refractivity contribution in [2.75, 3.05) is 13.2 Å². The molecule has 0 aromatic carbocycles. The number of allylic oxidation sites excluding steroid dienone is 20. The minimum Gasteiger partial charge on any atom is -0.462 e. The molecule has 468 valence electrons. The highest BCUT2D eigenvalue weighted by atomic mass is 16.6. The van der Waals surface area contributed by atoms with Crippen molar-refractivity contribution in [2.24, 2.45) is 0 Å². The summed E-state index contributed by atoms with van der Waals surface area (Å²) in [5.74, 6) is -0.918. The summed E-state index contributed by atoms with van der Waals surface area (Å²) in [4.78, 5) is 38.4. The predicted molar refractivity (Wildman–Crippen MR) is 357 cm³/mol. The van der Waals surface area contributed by atoms with E-state index in [1.807, 2.05) is 0 Å². The Balaban J connectivity index is 4.33. The van der Waals surface area contributed by atoms with Crippen molar-refractivity contribution in [3.05, 3.63) is 122 Å². The van der Waals surface area contributed by atoms with Gasteiger partial charge in [-0.2, -0.15) is 0 Å². The van der Waals surface area contributed by atoms with Gasteiger partial charge in [0.1, 0.15) is 13.2 Å². The molecule has 0 aliphatic rings. The van der Waals surface area contributed by atoms with Crippen molar-refractivity contribution >= 4 is 17.9 Å². The molecule has 82 heavy (non-hydrogen) atoms. The average Bonchev–Trinajstić information content (AvgIpc) is 3.47. The summed E-state index contributed by atoms with van der Waals surface area (Å²) in [7, 11) is 0. The van der Waals surface area contributed by atoms with Crippen LogP contribution in [-0.2, 0) is 28.6 Å². The standard InChI is InChI=1S/C76H128O6/c1-4-7-10-13-16-19-22-25-28-30-32-34-35-36-37-38-39-40-41-43-44-46-48-51-54-57-60-63-66-69-75(78)81-72-73(71-80-74(77)68-65-62-59-56-53-50-27-24-21-18-15-12-9-6-3)82-76(79)70-67-64-61-58-55-52-49-47-45-42-33-31-29-26-23-20-17-14-11-8-5-2/h8,11,15,17-18,20,22,24-27,29-30,32-33,35-36,42,47,49,73H,4-7,9-10,12-14,16,19,21,23,28,31,34,37-41,43-46,48,50-72H2,1-3H3/b11-8-,18-15-,20-17-,25-22-,27-24-,29-26-,32-30-,36-35-,42-33-,49-47-. The second-order valence-corrected chi connectivity index (χ2v) is 22.7. The van der Waals surface area contributed by atoms with Gasteiger partial charge in [0.15, 0.2) is 6.10 Å². The molecule has 0 spiro atoms. The molecule has 1 unspecified atom stereocenters. The van der Waals surface area contributed by atoms with Crippen LogP contribution in [0.2, 0.25) is 0 Å². The Bertz CT molecular complexity index is 1690. The number of esters is 3. The molecule has 0 saturated heterocycles. The van der Waals surface area contributed by atoms with Gasteiger partial charge in [-0.05, 0) is 128 Å². The SMILES string of the molecule is CC/C=C\C/C=C\C/C=C\C/C=C\C/C=C\CCCCCCCC(=O)OC(COC(=O)CCCCCCC/C=C\C/C=C\CCCC)COC(=O)CCCCCCCCCCCCCCCC/C=C\C/C=C\C/C=C\CCCCCCC. The van der Waals surface area contributed by atoms with Gasteiger partial charge in [0, 0.05) is 19.3 Å². The van der Waals surface area contributed by atoms with E-state index in [1.54, 1.807) is 0 Å². The number of hydrogen-bond donors (Lipinski definition) is 0. The lowest BCUT2D eigenvalue weighted by atomic mass is 10.0. The quantitative estimate of drug-likeness (QED) is 0.0261. The number of hydrogen-bond acceptors (Lipinski definition) is 6. The van der Waals surface area contributed by atoms with E-state index < -0.39 is 6.10 Å². The second-order valence-electron chi connectivity index (χ2n) is 22.7. The highest BCUT2D eigenvalue weighted by Crippen LogP contribution is 2.16. The van der Waals surface area contributed by atoms with E-state index in [-0.39, 0.29) is 31.1 Å². The van der Waals surface area contributed by atoms with Crippen molar-refractivity contribution in [3.63, 3.8) is 0 Å². The largest absolute Gasteiger partial charge is 0.462 e. The van der Waals surface area contributed by atoms with Gasteiger partial charge in [-0.25, -0.2) is 0 Å². The molecule has 6 heteroatoms. The predicted octanol–water partition coefficient (Wildman–Crippen LogP) is 23.9. The maximum Gasteiger partial charge on any atom is 0.306 e. The van der Waals surface area contributed by atoms with Crippen LogP contribution in [0.1, 0.15) is 323 Å². The van der Waals surface area contributed by atoms with Crippen LogP contribution in [-0.4, -0.2) is 37.2 Å². The molecule has 0 bridgehead atoms. The number of rotatable bonds is 62. The summed E-state index contributed by atoms with van der Waals surface area (Å²) in [5, 5.41) is 0. The van der Waals surface area contributed by atoms with Gasteiger partial charge in [-0.15, -0.1) is 0 Å². The molecule has 0 amide bonds. The summed E-state index contributed by atoms with van der Waals surface area (Å²) in [6, 6.07) is 0. The topological polar surface area (TPSA) is 78.9 Å². The fourth-order valence-electron chi connectivity index (χ4n) is 9.49. The van der Waals surface area contributed by atoms with Gasteiger partial charge in [-0.3, -0.25) is 14.4 Å². The smallest absolute Gasteiger partial charge is 0.306 e. The Hall–Kier alpha value is -4.19. The molecule has 1 atom stereocenters. The minimum absolute atomic E-state index is 0.0921. The average molecular weight is 1140 g/mol. The van der Waals surface area contributed by atoms with Crippen LogP contribution in [0.3, 0.4) is 0 Å². The van der Waals surface area contributed by atoms with E-state index in [4.69, 9.17) is 14.2 Å². The first kappa shape index (κ1) is 77.8. The van der Waals surface area contributed by atoms with Crippen LogP contribution in [0.5, 0.6) is 0 Å². The zero-order valence-corrected chi connectivity index (χ0v) is 53.7. The van der Waals surface area contributed by atoms with Crippen LogP contribution < -0.4 is 0 Å². The highest BCUT2D eigenvalue weighted by Gasteiger charge is 2.19. The zero-order valence-electron chi connectivity index (χ0n) is 53.7. The first-order valence-electron chi connectivity index (χ1n) is 34.5. The summed E-state index contributed by atoms with van der Waals surface area (Å²) in [6.07, 6.45) is 96.4. The van der Waals surface area contributed by atoms with E-state index in [0.29, 0.717) is 19.3 Å². The Morgan fingerprint density at radius 3 is 0.780 bits per heavy atom. The molecule has 0 aliphatic carbocycles. The third-order valence-electron chi connectivity index (χ3n) is 14.7. The lowest BCUT2D eigenvalue weighted by molar-refractivity contribution is -0.167. The summed E-state index contributed by atoms with van der Waals surface area (Å²) < 4.78 is 16.9. The highest BCUT2D eigenvalue weighted by molar-refractivity contribution is 5.71. The summed E-state index contributed by atoms with van der Waals surface area (Å²) in [6.45, 7) is 6.47. The molecule has 0 aromatic heterocycles. The van der Waals surface area contributed by atoms with Gasteiger partial charge < -0.3 is 14.2 Å². The summed E-state index contributed by atoms with van der Waals surface area (Å²) >= 11 is 0.